The van der Waals surface area contributed by atoms with E-state index in [1.165, 1.54) is 0 Å². The number of sulfonamides is 1. The number of aromatic nitrogens is 3. The van der Waals surface area contributed by atoms with Crippen LogP contribution in [0.25, 0.3) is 0 Å². The van der Waals surface area contributed by atoms with Crippen LogP contribution in [0.4, 0.5) is 10.3 Å². The molecule has 0 saturated heterocycles. The Kier molecular flexibility index (Phi) is 4.58. The van der Waals surface area contributed by atoms with Gasteiger partial charge in [0.2, 0.25) is 21.9 Å². The number of anilines is 1. The lowest BCUT2D eigenvalue weighted by molar-refractivity contribution is -0.116. The molecular formula is C14H16FN5O3S. The number of hydrogen-bond acceptors (Lipinski definition) is 5. The van der Waals surface area contributed by atoms with Crippen LogP contribution in [0.2, 0.25) is 0 Å². The molecule has 1 amide bonds. The van der Waals surface area contributed by atoms with Gasteiger partial charge in [-0.05, 0) is 37.1 Å². The van der Waals surface area contributed by atoms with Gasteiger partial charge in [0, 0.05) is 18.9 Å². The Hall–Kier alpha value is -2.33. The highest BCUT2D eigenvalue weighted by atomic mass is 32.2. The summed E-state index contributed by atoms with van der Waals surface area (Å²) in [5.74, 6) is 0.403. The van der Waals surface area contributed by atoms with Gasteiger partial charge >= 0.3 is 0 Å². The van der Waals surface area contributed by atoms with Gasteiger partial charge < -0.3 is 0 Å². The first-order valence-corrected chi connectivity index (χ1v) is 8.90. The number of carbonyl (C=O) groups excluding carboxylic acids is 1. The second-order valence-electron chi connectivity index (χ2n) is 5.47. The quantitative estimate of drug-likeness (QED) is 0.690. The molecule has 1 heterocycles. The van der Waals surface area contributed by atoms with E-state index in [0.29, 0.717) is 5.92 Å². The molecule has 0 bridgehead atoms. The molecule has 128 valence electrons. The minimum absolute atomic E-state index is 0.0626. The number of hydrogen-bond donors (Lipinski definition) is 3. The highest BCUT2D eigenvalue weighted by molar-refractivity contribution is 7.89. The van der Waals surface area contributed by atoms with Crippen molar-refractivity contribution in [2.75, 3.05) is 11.9 Å². The van der Waals surface area contributed by atoms with Crippen molar-refractivity contribution in [1.29, 1.82) is 0 Å². The van der Waals surface area contributed by atoms with Crippen molar-refractivity contribution in [2.45, 2.75) is 30.1 Å². The van der Waals surface area contributed by atoms with Gasteiger partial charge in [-0.25, -0.2) is 17.5 Å². The molecule has 1 aliphatic carbocycles. The number of H-pyrrole nitrogens is 1. The summed E-state index contributed by atoms with van der Waals surface area (Å²) in [5, 5.41) is 9.15. The fourth-order valence-electron chi connectivity index (χ4n) is 2.05. The van der Waals surface area contributed by atoms with Crippen LogP contribution in [0.15, 0.2) is 29.2 Å². The predicted octanol–water partition coefficient (Wildman–Crippen LogP) is 1.13. The molecular weight excluding hydrogens is 337 g/mol. The van der Waals surface area contributed by atoms with Crippen molar-refractivity contribution in [3.8, 4) is 0 Å². The van der Waals surface area contributed by atoms with Gasteiger partial charge in [-0.15, -0.1) is 5.10 Å². The van der Waals surface area contributed by atoms with E-state index in [9.17, 15) is 17.6 Å². The Labute approximate surface area is 137 Å². The van der Waals surface area contributed by atoms with Gasteiger partial charge in [-0.3, -0.25) is 15.2 Å². The number of nitrogens with one attached hydrogen (secondary N) is 3. The van der Waals surface area contributed by atoms with Crippen LogP contribution in [0.1, 0.15) is 31.0 Å². The van der Waals surface area contributed by atoms with Gasteiger partial charge in [0.25, 0.3) is 0 Å². The van der Waals surface area contributed by atoms with Crippen LogP contribution in [-0.2, 0) is 14.8 Å². The monoisotopic (exact) mass is 353 g/mol. The van der Waals surface area contributed by atoms with Crippen molar-refractivity contribution < 1.29 is 17.6 Å². The number of aromatic amines is 1. The van der Waals surface area contributed by atoms with E-state index in [-0.39, 0.29) is 23.8 Å². The third-order valence-electron chi connectivity index (χ3n) is 3.49. The third kappa shape index (κ3) is 4.15. The van der Waals surface area contributed by atoms with E-state index in [2.05, 4.69) is 25.2 Å². The van der Waals surface area contributed by atoms with Crippen molar-refractivity contribution >= 4 is 21.9 Å². The SMILES string of the molecule is O=C(CCNS(=O)(=O)c1ccc(F)cc1)Nc1n[nH]c(C2CC2)n1. The smallest absolute Gasteiger partial charge is 0.248 e. The van der Waals surface area contributed by atoms with Crippen molar-refractivity contribution in [2.24, 2.45) is 0 Å². The summed E-state index contributed by atoms with van der Waals surface area (Å²) in [6.45, 7) is -0.0918. The Balaban J connectivity index is 1.47. The third-order valence-corrected chi connectivity index (χ3v) is 4.96. The lowest BCUT2D eigenvalue weighted by atomic mass is 10.4. The zero-order valence-corrected chi connectivity index (χ0v) is 13.4. The molecule has 24 heavy (non-hydrogen) atoms. The highest BCUT2D eigenvalue weighted by Crippen LogP contribution is 2.38. The summed E-state index contributed by atoms with van der Waals surface area (Å²) in [6, 6.07) is 4.43. The number of halogens is 1. The molecule has 1 aromatic carbocycles. The van der Waals surface area contributed by atoms with Crippen LogP contribution in [-0.4, -0.2) is 36.1 Å². The summed E-state index contributed by atoms with van der Waals surface area (Å²) in [7, 11) is -3.78. The number of carbonyl (C=O) groups is 1. The maximum atomic E-state index is 12.8. The maximum Gasteiger partial charge on any atom is 0.248 e. The minimum Gasteiger partial charge on any atom is -0.293 e. The second-order valence-corrected chi connectivity index (χ2v) is 7.24. The van der Waals surface area contributed by atoms with Gasteiger partial charge in [0.05, 0.1) is 4.90 Å². The number of benzene rings is 1. The van der Waals surface area contributed by atoms with Crippen molar-refractivity contribution in [3.05, 3.63) is 35.9 Å². The molecule has 3 N–H and O–H groups in total. The molecule has 1 fully saturated rings. The van der Waals surface area contributed by atoms with E-state index in [1.807, 2.05) is 0 Å². The van der Waals surface area contributed by atoms with E-state index < -0.39 is 21.7 Å². The lowest BCUT2D eigenvalue weighted by Gasteiger charge is -2.06. The van der Waals surface area contributed by atoms with E-state index in [1.54, 1.807) is 0 Å². The van der Waals surface area contributed by atoms with E-state index >= 15 is 0 Å². The van der Waals surface area contributed by atoms with Crippen LogP contribution in [0, 0.1) is 5.82 Å². The Morgan fingerprint density at radius 2 is 2.00 bits per heavy atom. The molecule has 0 aliphatic heterocycles. The predicted molar refractivity (Wildman–Crippen MR) is 83.2 cm³/mol. The van der Waals surface area contributed by atoms with Gasteiger partial charge in [0.15, 0.2) is 0 Å². The van der Waals surface area contributed by atoms with E-state index in [0.717, 1.165) is 42.9 Å². The summed E-state index contributed by atoms with van der Waals surface area (Å²) >= 11 is 0. The topological polar surface area (TPSA) is 117 Å². The Bertz CT molecular complexity index is 830. The van der Waals surface area contributed by atoms with Crippen LogP contribution >= 0.6 is 0 Å². The molecule has 0 radical (unpaired) electrons. The number of nitrogens with zero attached hydrogens (tertiary/aromatic N) is 2. The first-order valence-electron chi connectivity index (χ1n) is 7.41. The summed E-state index contributed by atoms with van der Waals surface area (Å²) in [6.07, 6.45) is 2.05. The van der Waals surface area contributed by atoms with Gasteiger partial charge in [0.1, 0.15) is 11.6 Å². The summed E-state index contributed by atoms with van der Waals surface area (Å²) in [5.41, 5.74) is 0. The zero-order chi connectivity index (χ0) is 17.2. The molecule has 1 saturated carbocycles. The molecule has 8 nitrogen and oxygen atoms in total. The van der Waals surface area contributed by atoms with Crippen molar-refractivity contribution in [3.63, 3.8) is 0 Å². The normalized spacial score (nSPS) is 14.5. The second kappa shape index (κ2) is 6.65. The standard InChI is InChI=1S/C14H16FN5O3S/c15-10-3-5-11(6-4-10)24(22,23)16-8-7-12(21)17-14-18-13(19-20-14)9-1-2-9/h3-6,9,16H,1-2,7-8H2,(H2,17,18,19,20,21). The fraction of sp³-hybridized carbons (Fsp3) is 0.357. The first kappa shape index (κ1) is 16.5. The van der Waals surface area contributed by atoms with Crippen LogP contribution in [0.3, 0.4) is 0 Å². The molecule has 10 heteroatoms. The summed E-state index contributed by atoms with van der Waals surface area (Å²) in [4.78, 5) is 15.9. The molecule has 0 unspecified atom stereocenters. The molecule has 1 aliphatic rings. The van der Waals surface area contributed by atoms with Crippen molar-refractivity contribution in [1.82, 2.24) is 19.9 Å². The maximum absolute atomic E-state index is 12.8. The van der Waals surface area contributed by atoms with Crippen LogP contribution < -0.4 is 10.0 Å². The Morgan fingerprint density at radius 3 is 2.67 bits per heavy atom. The highest BCUT2D eigenvalue weighted by Gasteiger charge is 2.27. The molecule has 1 aromatic heterocycles. The number of rotatable bonds is 7. The van der Waals surface area contributed by atoms with E-state index in [4.69, 9.17) is 0 Å². The molecule has 3 rings (SSSR count). The van der Waals surface area contributed by atoms with Gasteiger partial charge in [-0.2, -0.15) is 4.98 Å². The molecule has 0 spiro atoms. The zero-order valence-electron chi connectivity index (χ0n) is 12.6. The average molecular weight is 353 g/mol. The average Bonchev–Trinajstić information content (AvgIpc) is 3.28. The lowest BCUT2D eigenvalue weighted by Crippen LogP contribution is -2.28. The molecule has 2 aromatic rings. The number of amides is 1. The first-order chi connectivity index (χ1) is 11.4. The summed E-state index contributed by atoms with van der Waals surface area (Å²) < 4.78 is 39.0. The Morgan fingerprint density at radius 1 is 1.29 bits per heavy atom. The molecule has 0 atom stereocenters. The fourth-order valence-corrected chi connectivity index (χ4v) is 3.08. The van der Waals surface area contributed by atoms with Crippen LogP contribution in [0.5, 0.6) is 0 Å². The van der Waals surface area contributed by atoms with Gasteiger partial charge in [-0.1, -0.05) is 0 Å². The largest absolute Gasteiger partial charge is 0.293 e. The minimum atomic E-state index is -3.78.